The second kappa shape index (κ2) is 6.35. The van der Waals surface area contributed by atoms with Gasteiger partial charge >= 0.3 is 12.1 Å². The van der Waals surface area contributed by atoms with Crippen LogP contribution in [0.25, 0.3) is 0 Å². The Morgan fingerprint density at radius 2 is 1.88 bits per heavy atom. The van der Waals surface area contributed by atoms with E-state index in [0.29, 0.717) is 49.7 Å². The van der Waals surface area contributed by atoms with Crippen LogP contribution in [-0.4, -0.2) is 52.0 Å². The van der Waals surface area contributed by atoms with Crippen LogP contribution in [0.2, 0.25) is 0 Å². The summed E-state index contributed by atoms with van der Waals surface area (Å²) in [6.45, 7) is 11.9. The number of likely N-dealkylation sites (tertiary alicyclic amines) is 1. The summed E-state index contributed by atoms with van der Waals surface area (Å²) in [7, 11) is 0. The molecule has 138 valence electrons. The molecule has 2 atom stereocenters. The number of esters is 1. The van der Waals surface area contributed by atoms with Crippen molar-refractivity contribution in [1.29, 1.82) is 0 Å². The number of hydrogen-bond donors (Lipinski definition) is 0. The monoisotopic (exact) mass is 349 g/mol. The Balaban J connectivity index is 1.66. The third kappa shape index (κ3) is 3.50. The molecule has 2 unspecified atom stereocenters. The van der Waals surface area contributed by atoms with Gasteiger partial charge in [0.25, 0.3) is 0 Å². The lowest BCUT2D eigenvalue weighted by molar-refractivity contribution is 0.0270. The van der Waals surface area contributed by atoms with Crippen LogP contribution >= 0.6 is 0 Å². The third-order valence-electron chi connectivity index (χ3n) is 4.78. The maximum absolute atomic E-state index is 12.2. The highest BCUT2D eigenvalue weighted by Crippen LogP contribution is 2.58. The van der Waals surface area contributed by atoms with Crippen LogP contribution in [0.5, 0.6) is 0 Å². The van der Waals surface area contributed by atoms with E-state index in [0.717, 1.165) is 5.69 Å². The number of nitrogens with zero attached hydrogens (tertiary/aromatic N) is 3. The van der Waals surface area contributed by atoms with Gasteiger partial charge in [0.05, 0.1) is 6.61 Å². The Morgan fingerprint density at radius 1 is 1.24 bits per heavy atom. The number of aromatic nitrogens is 2. The molecule has 25 heavy (non-hydrogen) atoms. The Morgan fingerprint density at radius 3 is 2.40 bits per heavy atom. The van der Waals surface area contributed by atoms with Gasteiger partial charge in [0.1, 0.15) is 5.60 Å². The molecule has 1 saturated carbocycles. The largest absolute Gasteiger partial charge is 0.461 e. The standard InChI is InChI=1S/C18H27N3O4/c1-6-21-14(8-13(19-21)16(22)24-7-2)15-11-9-20(10-12(11)15)17(23)25-18(3,4)5/h8,11-12,15H,6-7,9-10H2,1-5H3. The summed E-state index contributed by atoms with van der Waals surface area (Å²) in [6, 6.07) is 1.85. The van der Waals surface area contributed by atoms with Gasteiger partial charge in [0.15, 0.2) is 5.69 Å². The molecule has 1 aromatic rings. The summed E-state index contributed by atoms with van der Waals surface area (Å²) in [6.07, 6.45) is -0.241. The minimum Gasteiger partial charge on any atom is -0.461 e. The Kier molecular flexibility index (Phi) is 4.51. The molecule has 0 N–H and O–H groups in total. The fraction of sp³-hybridized carbons (Fsp3) is 0.722. The summed E-state index contributed by atoms with van der Waals surface area (Å²) in [5.74, 6) is 0.820. The van der Waals surface area contributed by atoms with Crippen LogP contribution in [0.15, 0.2) is 6.07 Å². The number of aryl methyl sites for hydroxylation is 1. The molecule has 2 heterocycles. The van der Waals surface area contributed by atoms with Crippen LogP contribution in [0.4, 0.5) is 4.79 Å². The van der Waals surface area contributed by atoms with Crippen molar-refractivity contribution in [2.24, 2.45) is 11.8 Å². The Labute approximate surface area is 148 Å². The number of piperidine rings is 1. The van der Waals surface area contributed by atoms with Crippen molar-refractivity contribution >= 4 is 12.1 Å². The van der Waals surface area contributed by atoms with Crippen LogP contribution < -0.4 is 0 Å². The van der Waals surface area contributed by atoms with Crippen molar-refractivity contribution in [3.05, 3.63) is 17.5 Å². The molecule has 0 bridgehead atoms. The van der Waals surface area contributed by atoms with Crippen LogP contribution in [-0.2, 0) is 16.0 Å². The first-order valence-electron chi connectivity index (χ1n) is 8.98. The number of carbonyl (C=O) groups is 2. The zero-order chi connectivity index (χ0) is 18.4. The highest BCUT2D eigenvalue weighted by Gasteiger charge is 2.59. The average molecular weight is 349 g/mol. The fourth-order valence-electron chi connectivity index (χ4n) is 3.70. The van der Waals surface area contributed by atoms with E-state index < -0.39 is 5.60 Å². The second-order valence-corrected chi connectivity index (χ2v) is 7.73. The lowest BCUT2D eigenvalue weighted by Gasteiger charge is -2.26. The highest BCUT2D eigenvalue weighted by atomic mass is 16.6. The molecule has 1 aliphatic carbocycles. The fourth-order valence-corrected chi connectivity index (χ4v) is 3.70. The molecule has 7 nitrogen and oxygen atoms in total. The maximum atomic E-state index is 12.2. The van der Waals surface area contributed by atoms with Gasteiger partial charge in [-0.25, -0.2) is 9.59 Å². The topological polar surface area (TPSA) is 73.7 Å². The Bertz CT molecular complexity index is 664. The average Bonchev–Trinajstić information content (AvgIpc) is 2.92. The predicted octanol–water partition coefficient (Wildman–Crippen LogP) is 2.66. The first-order chi connectivity index (χ1) is 11.7. The predicted molar refractivity (Wildman–Crippen MR) is 91.4 cm³/mol. The molecule has 1 saturated heterocycles. The van der Waals surface area contributed by atoms with Gasteiger partial charge in [-0.15, -0.1) is 0 Å². The smallest absolute Gasteiger partial charge is 0.410 e. The van der Waals surface area contributed by atoms with E-state index in [1.165, 1.54) is 0 Å². The lowest BCUT2D eigenvalue weighted by Crippen LogP contribution is -2.37. The number of fused-ring (bicyclic) bond motifs is 1. The van der Waals surface area contributed by atoms with Gasteiger partial charge in [-0.1, -0.05) is 0 Å². The zero-order valence-electron chi connectivity index (χ0n) is 15.6. The summed E-state index contributed by atoms with van der Waals surface area (Å²) in [5.41, 5.74) is 0.968. The van der Waals surface area contributed by atoms with Gasteiger partial charge in [0, 0.05) is 31.2 Å². The number of rotatable bonds is 4. The molecular formula is C18H27N3O4. The van der Waals surface area contributed by atoms with Gasteiger partial charge in [-0.3, -0.25) is 4.68 Å². The van der Waals surface area contributed by atoms with E-state index in [1.807, 2.05) is 38.4 Å². The van der Waals surface area contributed by atoms with E-state index in [9.17, 15) is 9.59 Å². The van der Waals surface area contributed by atoms with E-state index in [-0.39, 0.29) is 12.1 Å². The van der Waals surface area contributed by atoms with Gasteiger partial charge in [-0.2, -0.15) is 5.10 Å². The van der Waals surface area contributed by atoms with Crippen LogP contribution in [0, 0.1) is 11.8 Å². The maximum Gasteiger partial charge on any atom is 0.410 e. The number of hydrogen-bond acceptors (Lipinski definition) is 5. The van der Waals surface area contributed by atoms with E-state index >= 15 is 0 Å². The van der Waals surface area contributed by atoms with E-state index in [1.54, 1.807) is 11.8 Å². The van der Waals surface area contributed by atoms with Crippen molar-refractivity contribution in [2.45, 2.75) is 52.7 Å². The first kappa shape index (κ1) is 17.8. The second-order valence-electron chi connectivity index (χ2n) is 7.73. The van der Waals surface area contributed by atoms with E-state index in [4.69, 9.17) is 9.47 Å². The lowest BCUT2D eigenvalue weighted by atomic mass is 10.1. The molecular weight excluding hydrogens is 322 g/mol. The minimum absolute atomic E-state index is 0.241. The van der Waals surface area contributed by atoms with Crippen LogP contribution in [0.1, 0.15) is 56.7 Å². The normalized spacial score (nSPS) is 24.8. The highest BCUT2D eigenvalue weighted by molar-refractivity contribution is 5.87. The molecule has 2 fully saturated rings. The quantitative estimate of drug-likeness (QED) is 0.781. The minimum atomic E-state index is -0.474. The summed E-state index contributed by atoms with van der Waals surface area (Å²) in [4.78, 5) is 25.9. The zero-order valence-corrected chi connectivity index (χ0v) is 15.6. The summed E-state index contributed by atoms with van der Waals surface area (Å²) >= 11 is 0. The molecule has 7 heteroatoms. The van der Waals surface area contributed by atoms with Gasteiger partial charge in [-0.05, 0) is 52.5 Å². The number of ether oxygens (including phenoxy) is 2. The first-order valence-corrected chi connectivity index (χ1v) is 8.98. The third-order valence-corrected chi connectivity index (χ3v) is 4.78. The molecule has 3 rings (SSSR count). The molecule has 1 amide bonds. The van der Waals surface area contributed by atoms with Gasteiger partial charge < -0.3 is 14.4 Å². The van der Waals surface area contributed by atoms with Crippen molar-refractivity contribution in [2.75, 3.05) is 19.7 Å². The molecule has 0 radical (unpaired) electrons. The summed E-state index contributed by atoms with van der Waals surface area (Å²) < 4.78 is 12.4. The molecule has 0 aromatic carbocycles. The Hall–Kier alpha value is -2.05. The number of carbonyl (C=O) groups excluding carboxylic acids is 2. The van der Waals surface area contributed by atoms with Gasteiger partial charge in [0.2, 0.25) is 0 Å². The van der Waals surface area contributed by atoms with E-state index in [2.05, 4.69) is 5.10 Å². The molecule has 2 aliphatic rings. The van der Waals surface area contributed by atoms with Crippen molar-refractivity contribution in [1.82, 2.24) is 14.7 Å². The molecule has 1 aromatic heterocycles. The SMILES string of the molecule is CCOC(=O)c1cc(C2C3CN(C(=O)OC(C)(C)C)CC32)n(CC)n1. The van der Waals surface area contributed by atoms with Crippen molar-refractivity contribution < 1.29 is 19.1 Å². The summed E-state index contributed by atoms with van der Waals surface area (Å²) in [5, 5.41) is 4.38. The molecule has 0 spiro atoms. The van der Waals surface area contributed by atoms with Crippen molar-refractivity contribution in [3.8, 4) is 0 Å². The molecule has 1 aliphatic heterocycles. The van der Waals surface area contributed by atoms with Crippen molar-refractivity contribution in [3.63, 3.8) is 0 Å². The number of amides is 1. The van der Waals surface area contributed by atoms with Crippen LogP contribution in [0.3, 0.4) is 0 Å².